The Morgan fingerprint density at radius 3 is 1.34 bits per heavy atom. The largest absolute Gasteiger partial charge is 0.446 e. The summed E-state index contributed by atoms with van der Waals surface area (Å²) in [5, 5.41) is 57.6. The van der Waals surface area contributed by atoms with Gasteiger partial charge in [0, 0.05) is 24.0 Å². The van der Waals surface area contributed by atoms with Crippen LogP contribution in [0.2, 0.25) is 0 Å². The van der Waals surface area contributed by atoms with Crippen molar-refractivity contribution in [3.63, 3.8) is 0 Å². The lowest BCUT2D eigenvalue weighted by Gasteiger charge is -2.42. The third-order valence-electron chi connectivity index (χ3n) is 14.3. The molecule has 2 heterocycles. The molecule has 1 aromatic heterocycles. The van der Waals surface area contributed by atoms with E-state index in [4.69, 9.17) is 19.9 Å². The summed E-state index contributed by atoms with van der Waals surface area (Å²) in [6, 6.07) is 3.17. The molecular weight excluding hydrogens is 859 g/mol. The van der Waals surface area contributed by atoms with E-state index in [0.717, 1.165) is 44.9 Å². The lowest BCUT2D eigenvalue weighted by molar-refractivity contribution is -0.316. The lowest BCUT2D eigenvalue weighted by atomic mass is 9.88. The quantitative estimate of drug-likeness (QED) is 0.0242. The van der Waals surface area contributed by atoms with Gasteiger partial charge in [0.05, 0.1) is 12.2 Å². The Balaban J connectivity index is 1.72. The van der Waals surface area contributed by atoms with Gasteiger partial charge in [0.1, 0.15) is 37.3 Å². The van der Waals surface area contributed by atoms with E-state index >= 15 is 0 Å². The average Bonchev–Trinajstić information content (AvgIpc) is 3.34. The number of nitrogens with one attached hydrogen (secondary N) is 1. The first-order valence-corrected chi connectivity index (χ1v) is 28.5. The molecule has 0 aliphatic carbocycles. The van der Waals surface area contributed by atoms with Crippen molar-refractivity contribution >= 4 is 11.8 Å². The molecule has 2 rings (SSSR count). The second kappa shape index (κ2) is 42.8. The van der Waals surface area contributed by atoms with E-state index < -0.39 is 67.8 Å². The first-order valence-electron chi connectivity index (χ1n) is 28.5. The third-order valence-corrected chi connectivity index (χ3v) is 14.3. The van der Waals surface area contributed by atoms with Crippen molar-refractivity contribution in [2.24, 2.45) is 11.7 Å². The maximum atomic E-state index is 12.4. The number of amides is 1. The second-order valence-electron chi connectivity index (χ2n) is 20.4. The van der Waals surface area contributed by atoms with Gasteiger partial charge in [0.2, 0.25) is 0 Å². The zero-order chi connectivity index (χ0) is 49.3. The standard InChI is InChI=1S/C56H105N3O9/c1-3-5-7-9-11-13-15-17-18-19-20-21-22-23-24-25-26-27-28-29-31-33-35-37-39-47(50(61)48(60)40-38-36-34-32-30-16-14-12-10-8-6-4-2)54(57)68-55-53(64)52(63)51(62)49(67-55)45-66-56(65)59-46-41-43-58-44-42-46/h41-44,47-55,60-64H,3-40,45,57H2,1-2H3,(H,58,59,65)/t47-,48+,49+,50-,51-,52-,53+,54?,55+/m0/s1. The SMILES string of the molecule is CCCCCCCCCCCCCCCCCCCCCCCCCC[C@H](C(N)O[C@H]1O[C@H](COC(=O)Nc2ccncc2)[C@H](O)[C@H](O)[C@H]1O)[C@H](O)[C@H](O)CCCCCCCCCCCCCC. The van der Waals surface area contributed by atoms with E-state index in [0.29, 0.717) is 18.5 Å². The van der Waals surface area contributed by atoms with Crippen LogP contribution in [-0.2, 0) is 14.2 Å². The summed E-state index contributed by atoms with van der Waals surface area (Å²) < 4.78 is 17.1. The number of hydrogen-bond acceptors (Lipinski definition) is 11. The highest BCUT2D eigenvalue weighted by molar-refractivity contribution is 5.84. The van der Waals surface area contributed by atoms with E-state index in [1.165, 1.54) is 199 Å². The molecule has 0 bridgehead atoms. The van der Waals surface area contributed by atoms with Gasteiger partial charge in [0.15, 0.2) is 6.29 Å². The van der Waals surface area contributed by atoms with E-state index in [1.54, 1.807) is 12.1 Å². The van der Waals surface area contributed by atoms with Crippen molar-refractivity contribution in [3.05, 3.63) is 24.5 Å². The van der Waals surface area contributed by atoms with Crippen LogP contribution in [0.3, 0.4) is 0 Å². The molecule has 0 radical (unpaired) electrons. The summed E-state index contributed by atoms with van der Waals surface area (Å²) in [6.07, 6.45) is 38.2. The number of unbranched alkanes of at least 4 members (excludes halogenated alkanes) is 34. The highest BCUT2D eigenvalue weighted by Gasteiger charge is 2.46. The van der Waals surface area contributed by atoms with Gasteiger partial charge in [-0.1, -0.05) is 245 Å². The normalized spacial score (nSPS) is 20.3. The molecule has 1 saturated heterocycles. The van der Waals surface area contributed by atoms with Gasteiger partial charge >= 0.3 is 6.09 Å². The van der Waals surface area contributed by atoms with Gasteiger partial charge in [-0.2, -0.15) is 0 Å². The summed E-state index contributed by atoms with van der Waals surface area (Å²) >= 11 is 0. The Morgan fingerprint density at radius 1 is 0.574 bits per heavy atom. The van der Waals surface area contributed by atoms with Gasteiger partial charge in [-0.25, -0.2) is 4.79 Å². The molecule has 1 amide bonds. The van der Waals surface area contributed by atoms with Gasteiger partial charge in [-0.15, -0.1) is 0 Å². The highest BCUT2D eigenvalue weighted by Crippen LogP contribution is 2.29. The molecule has 12 heteroatoms. The van der Waals surface area contributed by atoms with Crippen LogP contribution < -0.4 is 11.1 Å². The van der Waals surface area contributed by atoms with Crippen LogP contribution in [-0.4, -0.2) is 92.4 Å². The molecule has 0 aromatic carbocycles. The molecule has 8 N–H and O–H groups in total. The number of rotatable bonds is 46. The zero-order valence-electron chi connectivity index (χ0n) is 43.5. The first-order chi connectivity index (χ1) is 33.2. The van der Waals surface area contributed by atoms with Crippen molar-refractivity contribution in [2.75, 3.05) is 11.9 Å². The predicted molar refractivity (Wildman–Crippen MR) is 277 cm³/mol. The molecule has 398 valence electrons. The number of hydrogen-bond donors (Lipinski definition) is 7. The molecule has 68 heavy (non-hydrogen) atoms. The number of aliphatic hydroxyl groups excluding tert-OH is 5. The molecule has 1 unspecified atom stereocenters. The van der Waals surface area contributed by atoms with Gasteiger partial charge in [0.25, 0.3) is 0 Å². The molecule has 1 aromatic rings. The number of aliphatic hydroxyl groups is 5. The summed E-state index contributed by atoms with van der Waals surface area (Å²) in [7, 11) is 0. The van der Waals surface area contributed by atoms with E-state index in [2.05, 4.69) is 24.1 Å². The summed E-state index contributed by atoms with van der Waals surface area (Å²) in [5.74, 6) is -0.678. The fourth-order valence-electron chi connectivity index (χ4n) is 9.69. The molecular formula is C56H105N3O9. The minimum Gasteiger partial charge on any atom is -0.446 e. The maximum Gasteiger partial charge on any atom is 0.411 e. The van der Waals surface area contributed by atoms with E-state index in [-0.39, 0.29) is 0 Å². The fraction of sp³-hybridized carbons (Fsp3) is 0.893. The van der Waals surface area contributed by atoms with Crippen LogP contribution in [0.4, 0.5) is 10.5 Å². The fourth-order valence-corrected chi connectivity index (χ4v) is 9.69. The molecule has 0 saturated carbocycles. The monoisotopic (exact) mass is 964 g/mol. The Kier molecular flexibility index (Phi) is 39.1. The van der Waals surface area contributed by atoms with Crippen molar-refractivity contribution in [3.8, 4) is 0 Å². The summed E-state index contributed by atoms with van der Waals surface area (Å²) in [5.41, 5.74) is 7.08. The van der Waals surface area contributed by atoms with Gasteiger partial charge in [-0.3, -0.25) is 10.3 Å². The van der Waals surface area contributed by atoms with Crippen LogP contribution in [0, 0.1) is 5.92 Å². The van der Waals surface area contributed by atoms with Crippen molar-refractivity contribution in [1.82, 2.24) is 4.98 Å². The number of pyridine rings is 1. The van der Waals surface area contributed by atoms with E-state index in [1.807, 2.05) is 0 Å². The average molecular weight is 964 g/mol. The smallest absolute Gasteiger partial charge is 0.411 e. The molecule has 9 atom stereocenters. The van der Waals surface area contributed by atoms with Crippen LogP contribution in [0.15, 0.2) is 24.5 Å². The lowest BCUT2D eigenvalue weighted by Crippen LogP contribution is -2.61. The Hall–Kier alpha value is -1.90. The number of ether oxygens (including phenoxy) is 3. The third kappa shape index (κ3) is 30.8. The minimum absolute atomic E-state index is 0.440. The zero-order valence-corrected chi connectivity index (χ0v) is 43.5. The summed E-state index contributed by atoms with van der Waals surface area (Å²) in [4.78, 5) is 16.3. The number of nitrogens with zero attached hydrogens (tertiary/aromatic N) is 1. The maximum absolute atomic E-state index is 12.4. The van der Waals surface area contributed by atoms with Crippen LogP contribution in [0.5, 0.6) is 0 Å². The first kappa shape index (κ1) is 62.2. The van der Waals surface area contributed by atoms with E-state index in [9.17, 15) is 30.3 Å². The predicted octanol–water partition coefficient (Wildman–Crippen LogP) is 12.9. The number of aromatic nitrogens is 1. The number of nitrogens with two attached hydrogens (primary N) is 1. The molecule has 1 fully saturated rings. The van der Waals surface area contributed by atoms with Crippen LogP contribution >= 0.6 is 0 Å². The highest BCUT2D eigenvalue weighted by atomic mass is 16.7. The molecule has 1 aliphatic rings. The summed E-state index contributed by atoms with van der Waals surface area (Å²) in [6.45, 7) is 4.09. The minimum atomic E-state index is -1.67. The van der Waals surface area contributed by atoms with Crippen molar-refractivity contribution in [1.29, 1.82) is 0 Å². The Morgan fingerprint density at radius 2 is 0.941 bits per heavy atom. The van der Waals surface area contributed by atoms with Crippen molar-refractivity contribution < 1.29 is 44.5 Å². The van der Waals surface area contributed by atoms with Gasteiger partial charge in [-0.05, 0) is 25.0 Å². The number of carbonyl (C=O) groups is 1. The van der Waals surface area contributed by atoms with Gasteiger partial charge < -0.3 is 45.5 Å². The number of anilines is 1. The Labute approximate surface area is 415 Å². The number of carbonyl (C=O) groups excluding carboxylic acids is 1. The molecule has 1 aliphatic heterocycles. The van der Waals surface area contributed by atoms with Crippen LogP contribution in [0.1, 0.15) is 258 Å². The Bertz CT molecular complexity index is 1270. The molecule has 0 spiro atoms. The van der Waals surface area contributed by atoms with Crippen LogP contribution in [0.25, 0.3) is 0 Å². The second-order valence-corrected chi connectivity index (χ2v) is 20.4. The van der Waals surface area contributed by atoms with Crippen molar-refractivity contribution in [2.45, 2.75) is 307 Å². The molecule has 12 nitrogen and oxygen atoms in total. The topological polar surface area (TPSA) is 197 Å².